The van der Waals surface area contributed by atoms with Gasteiger partial charge in [-0.05, 0) is 23.6 Å². The highest BCUT2D eigenvalue weighted by atomic mass is 14.0. The average Bonchev–Trinajstić information content (AvgIpc) is 2.06. The van der Waals surface area contributed by atoms with Crippen molar-refractivity contribution in [3.63, 3.8) is 0 Å². The molecule has 0 heterocycles. The van der Waals surface area contributed by atoms with Gasteiger partial charge in [-0.3, -0.25) is 0 Å². The summed E-state index contributed by atoms with van der Waals surface area (Å²) < 4.78 is 0. The topological polar surface area (TPSA) is 0 Å². The fraction of sp³-hybridized carbons (Fsp3) is 0.273. The molecule has 1 rings (SSSR count). The van der Waals surface area contributed by atoms with Gasteiger partial charge in [0.2, 0.25) is 0 Å². The summed E-state index contributed by atoms with van der Waals surface area (Å²) in [7, 11) is 0. The lowest BCUT2D eigenvalue weighted by molar-refractivity contribution is 0.920. The lowest BCUT2D eigenvalue weighted by Gasteiger charge is -1.98. The summed E-state index contributed by atoms with van der Waals surface area (Å²) in [6.07, 6.45) is 4.16. The Bertz CT molecular complexity index is 236. The first-order valence-corrected chi connectivity index (χ1v) is 4.00. The first-order valence-electron chi connectivity index (χ1n) is 4.00. The summed E-state index contributed by atoms with van der Waals surface area (Å²) in [5, 5.41) is 0. The standard InChI is InChI=1S/C11H13/c1-3-6-11-8-5-7-10(4-2)9-11/h4-5,7,9H,2-3,6H2,1H3. The molecule has 0 unspecified atom stereocenters. The van der Waals surface area contributed by atoms with Crippen molar-refractivity contribution in [3.8, 4) is 0 Å². The summed E-state index contributed by atoms with van der Waals surface area (Å²) in [4.78, 5) is 0. The molecule has 1 aromatic carbocycles. The maximum absolute atomic E-state index is 3.72. The Kier molecular flexibility index (Phi) is 2.91. The molecule has 0 saturated heterocycles. The predicted octanol–water partition coefficient (Wildman–Crippen LogP) is 3.08. The molecule has 0 heteroatoms. The smallest absolute Gasteiger partial charge is 0.0149 e. The van der Waals surface area contributed by atoms with Crippen molar-refractivity contribution in [3.05, 3.63) is 42.0 Å². The van der Waals surface area contributed by atoms with Crippen molar-refractivity contribution in [1.82, 2.24) is 0 Å². The molecule has 1 aromatic rings. The summed E-state index contributed by atoms with van der Waals surface area (Å²) in [6.45, 7) is 5.89. The summed E-state index contributed by atoms with van der Waals surface area (Å²) >= 11 is 0. The SMILES string of the molecule is C=Cc1cc[c]c(CCC)c1. The van der Waals surface area contributed by atoms with Crippen LogP contribution in [0.15, 0.2) is 24.8 Å². The fourth-order valence-electron chi connectivity index (χ4n) is 1.08. The van der Waals surface area contributed by atoms with Crippen molar-refractivity contribution >= 4 is 6.08 Å². The Hall–Kier alpha value is -1.04. The van der Waals surface area contributed by atoms with E-state index in [1.807, 2.05) is 18.2 Å². The fourth-order valence-corrected chi connectivity index (χ4v) is 1.08. The van der Waals surface area contributed by atoms with Crippen LogP contribution in [0, 0.1) is 6.07 Å². The van der Waals surface area contributed by atoms with Crippen LogP contribution < -0.4 is 0 Å². The van der Waals surface area contributed by atoms with Crippen LogP contribution in [0.5, 0.6) is 0 Å². The van der Waals surface area contributed by atoms with Gasteiger partial charge in [-0.1, -0.05) is 44.2 Å². The molecule has 0 fully saturated rings. The Balaban J connectivity index is 2.82. The number of benzene rings is 1. The first kappa shape index (κ1) is 8.06. The second-order valence-electron chi connectivity index (χ2n) is 2.60. The van der Waals surface area contributed by atoms with E-state index in [9.17, 15) is 0 Å². The highest BCUT2D eigenvalue weighted by Crippen LogP contribution is 2.07. The van der Waals surface area contributed by atoms with Crippen molar-refractivity contribution in [2.24, 2.45) is 0 Å². The number of rotatable bonds is 3. The van der Waals surface area contributed by atoms with Crippen LogP contribution in [0.1, 0.15) is 24.5 Å². The third-order valence-electron chi connectivity index (χ3n) is 1.64. The first-order chi connectivity index (χ1) is 5.36. The number of hydrogen-bond donors (Lipinski definition) is 0. The van der Waals surface area contributed by atoms with Gasteiger partial charge in [0.1, 0.15) is 0 Å². The van der Waals surface area contributed by atoms with Crippen LogP contribution >= 0.6 is 0 Å². The van der Waals surface area contributed by atoms with Crippen LogP contribution in [-0.2, 0) is 6.42 Å². The molecule has 0 saturated carbocycles. The molecular weight excluding hydrogens is 132 g/mol. The van der Waals surface area contributed by atoms with Crippen LogP contribution in [0.2, 0.25) is 0 Å². The normalized spacial score (nSPS) is 9.55. The third-order valence-corrected chi connectivity index (χ3v) is 1.64. The average molecular weight is 145 g/mol. The molecule has 0 spiro atoms. The van der Waals surface area contributed by atoms with E-state index in [1.54, 1.807) is 0 Å². The van der Waals surface area contributed by atoms with Gasteiger partial charge in [-0.25, -0.2) is 0 Å². The molecule has 57 valence electrons. The Morgan fingerprint density at radius 1 is 1.64 bits per heavy atom. The molecule has 11 heavy (non-hydrogen) atoms. The minimum Gasteiger partial charge on any atom is -0.0985 e. The molecule has 0 bridgehead atoms. The minimum absolute atomic E-state index is 1.11. The van der Waals surface area contributed by atoms with E-state index in [2.05, 4.69) is 25.6 Å². The lowest BCUT2D eigenvalue weighted by Crippen LogP contribution is -1.83. The van der Waals surface area contributed by atoms with E-state index >= 15 is 0 Å². The van der Waals surface area contributed by atoms with Gasteiger partial charge in [0, 0.05) is 0 Å². The van der Waals surface area contributed by atoms with Crippen LogP contribution in [0.25, 0.3) is 6.08 Å². The molecule has 1 radical (unpaired) electrons. The largest absolute Gasteiger partial charge is 0.0985 e. The van der Waals surface area contributed by atoms with Crippen LogP contribution in [-0.4, -0.2) is 0 Å². The molecule has 0 amide bonds. The van der Waals surface area contributed by atoms with Gasteiger partial charge >= 0.3 is 0 Å². The van der Waals surface area contributed by atoms with Gasteiger partial charge in [0.05, 0.1) is 0 Å². The van der Waals surface area contributed by atoms with Gasteiger partial charge in [-0.15, -0.1) is 0 Å². The highest BCUT2D eigenvalue weighted by molar-refractivity contribution is 5.47. The molecule has 0 aliphatic heterocycles. The number of aryl methyl sites for hydroxylation is 1. The zero-order valence-corrected chi connectivity index (χ0v) is 6.93. The van der Waals surface area contributed by atoms with Crippen molar-refractivity contribution in [1.29, 1.82) is 0 Å². The lowest BCUT2D eigenvalue weighted by atomic mass is 10.1. The van der Waals surface area contributed by atoms with E-state index in [4.69, 9.17) is 0 Å². The molecule has 0 aliphatic carbocycles. The monoisotopic (exact) mass is 145 g/mol. The van der Waals surface area contributed by atoms with Gasteiger partial charge in [0.15, 0.2) is 0 Å². The van der Waals surface area contributed by atoms with E-state index in [-0.39, 0.29) is 0 Å². The predicted molar refractivity (Wildman–Crippen MR) is 49.4 cm³/mol. The highest BCUT2D eigenvalue weighted by Gasteiger charge is 1.90. The van der Waals surface area contributed by atoms with E-state index in [0.29, 0.717) is 0 Å². The molecule has 0 aliphatic rings. The van der Waals surface area contributed by atoms with Crippen molar-refractivity contribution in [2.75, 3.05) is 0 Å². The van der Waals surface area contributed by atoms with Crippen molar-refractivity contribution in [2.45, 2.75) is 19.8 Å². The molecule has 0 atom stereocenters. The zero-order valence-electron chi connectivity index (χ0n) is 6.93. The second-order valence-corrected chi connectivity index (χ2v) is 2.60. The third kappa shape index (κ3) is 2.23. The van der Waals surface area contributed by atoms with Crippen LogP contribution in [0.3, 0.4) is 0 Å². The Labute approximate surface area is 68.6 Å². The molecule has 0 nitrogen and oxygen atoms in total. The maximum atomic E-state index is 3.72. The Morgan fingerprint density at radius 3 is 3.09 bits per heavy atom. The quantitative estimate of drug-likeness (QED) is 0.613. The summed E-state index contributed by atoms with van der Waals surface area (Å²) in [5.41, 5.74) is 2.47. The second kappa shape index (κ2) is 3.97. The zero-order chi connectivity index (χ0) is 8.10. The van der Waals surface area contributed by atoms with Gasteiger partial charge in [-0.2, -0.15) is 0 Å². The van der Waals surface area contributed by atoms with E-state index in [0.717, 1.165) is 6.42 Å². The van der Waals surface area contributed by atoms with Crippen LogP contribution in [0.4, 0.5) is 0 Å². The number of hydrogen-bond acceptors (Lipinski definition) is 0. The van der Waals surface area contributed by atoms with Crippen molar-refractivity contribution < 1.29 is 0 Å². The summed E-state index contributed by atoms with van der Waals surface area (Å²) in [5.74, 6) is 0. The van der Waals surface area contributed by atoms with E-state index < -0.39 is 0 Å². The van der Waals surface area contributed by atoms with Gasteiger partial charge < -0.3 is 0 Å². The maximum Gasteiger partial charge on any atom is -0.0149 e. The molecular formula is C11H13. The minimum atomic E-state index is 1.11. The molecule has 0 aromatic heterocycles. The summed E-state index contributed by atoms with van der Waals surface area (Å²) in [6, 6.07) is 9.31. The van der Waals surface area contributed by atoms with E-state index in [1.165, 1.54) is 17.5 Å². The van der Waals surface area contributed by atoms with Gasteiger partial charge in [0.25, 0.3) is 0 Å². The Morgan fingerprint density at radius 2 is 2.45 bits per heavy atom. The molecule has 0 N–H and O–H groups in total.